The zero-order valence-electron chi connectivity index (χ0n) is 11.0. The van der Waals surface area contributed by atoms with E-state index in [1.807, 2.05) is 49.4 Å². The van der Waals surface area contributed by atoms with E-state index >= 15 is 0 Å². The second-order valence-corrected chi connectivity index (χ2v) is 4.43. The molecule has 0 heterocycles. The highest BCUT2D eigenvalue weighted by Crippen LogP contribution is 2.33. The molecule has 0 aliphatic heterocycles. The molecule has 19 heavy (non-hydrogen) atoms. The lowest BCUT2D eigenvalue weighted by molar-refractivity contribution is -0.136. The maximum atomic E-state index is 10.8. The fourth-order valence-electron chi connectivity index (χ4n) is 2.17. The molecule has 0 bridgehead atoms. The number of rotatable bonds is 4. The van der Waals surface area contributed by atoms with Crippen molar-refractivity contribution in [2.24, 2.45) is 0 Å². The van der Waals surface area contributed by atoms with Crippen molar-refractivity contribution < 1.29 is 14.6 Å². The van der Waals surface area contributed by atoms with Crippen molar-refractivity contribution in [2.75, 3.05) is 7.11 Å². The first-order chi connectivity index (χ1) is 9.11. The summed E-state index contributed by atoms with van der Waals surface area (Å²) in [6, 6.07) is 13.5. The number of methoxy groups -OCH3 is 1. The maximum Gasteiger partial charge on any atom is 0.307 e. The lowest BCUT2D eigenvalue weighted by Gasteiger charge is -2.12. The quantitative estimate of drug-likeness (QED) is 0.913. The van der Waals surface area contributed by atoms with E-state index in [1.54, 1.807) is 7.11 Å². The van der Waals surface area contributed by atoms with Crippen molar-refractivity contribution in [3.63, 3.8) is 0 Å². The molecular formula is C16H16O3. The van der Waals surface area contributed by atoms with Crippen LogP contribution in [0.25, 0.3) is 11.1 Å². The van der Waals surface area contributed by atoms with Crippen LogP contribution in [0.4, 0.5) is 0 Å². The van der Waals surface area contributed by atoms with Crippen molar-refractivity contribution in [1.29, 1.82) is 0 Å². The van der Waals surface area contributed by atoms with Crippen LogP contribution in [-0.2, 0) is 11.2 Å². The lowest BCUT2D eigenvalue weighted by atomic mass is 9.99. The molecule has 0 aromatic heterocycles. The van der Waals surface area contributed by atoms with E-state index in [-0.39, 0.29) is 6.42 Å². The van der Waals surface area contributed by atoms with Crippen molar-refractivity contribution in [3.05, 3.63) is 53.6 Å². The summed E-state index contributed by atoms with van der Waals surface area (Å²) < 4.78 is 5.44. The molecule has 0 atom stereocenters. The number of carbonyl (C=O) groups is 1. The van der Waals surface area contributed by atoms with Gasteiger partial charge < -0.3 is 9.84 Å². The van der Waals surface area contributed by atoms with E-state index in [2.05, 4.69) is 0 Å². The van der Waals surface area contributed by atoms with Gasteiger partial charge in [-0.1, -0.05) is 42.5 Å². The summed E-state index contributed by atoms with van der Waals surface area (Å²) in [5, 5.41) is 8.85. The predicted molar refractivity (Wildman–Crippen MR) is 74.5 cm³/mol. The average Bonchev–Trinajstić information content (AvgIpc) is 2.38. The van der Waals surface area contributed by atoms with Gasteiger partial charge in [-0.05, 0) is 23.6 Å². The third-order valence-electron chi connectivity index (χ3n) is 3.01. The molecule has 0 spiro atoms. The molecule has 0 fully saturated rings. The fourth-order valence-corrected chi connectivity index (χ4v) is 2.17. The Bertz CT molecular complexity index is 603. The Balaban J connectivity index is 2.47. The topological polar surface area (TPSA) is 46.5 Å². The number of carboxylic acid groups (broad SMARTS) is 1. The molecular weight excluding hydrogens is 240 g/mol. The van der Waals surface area contributed by atoms with Crippen LogP contribution in [0.5, 0.6) is 5.75 Å². The number of aliphatic carboxylic acids is 1. The Morgan fingerprint density at radius 3 is 2.63 bits per heavy atom. The maximum absolute atomic E-state index is 10.8. The van der Waals surface area contributed by atoms with Crippen LogP contribution in [-0.4, -0.2) is 18.2 Å². The lowest BCUT2D eigenvalue weighted by Crippen LogP contribution is -2.00. The number of ether oxygens (including phenoxy) is 1. The van der Waals surface area contributed by atoms with Crippen molar-refractivity contribution in [3.8, 4) is 16.9 Å². The third-order valence-corrected chi connectivity index (χ3v) is 3.01. The van der Waals surface area contributed by atoms with E-state index in [0.717, 1.165) is 28.0 Å². The highest BCUT2D eigenvalue weighted by Gasteiger charge is 2.09. The van der Waals surface area contributed by atoms with E-state index in [0.29, 0.717) is 0 Å². The number of benzene rings is 2. The van der Waals surface area contributed by atoms with Crippen LogP contribution in [0.15, 0.2) is 42.5 Å². The average molecular weight is 256 g/mol. The minimum atomic E-state index is -0.826. The van der Waals surface area contributed by atoms with Gasteiger partial charge in [0, 0.05) is 5.56 Å². The van der Waals surface area contributed by atoms with Crippen LogP contribution in [0, 0.1) is 6.92 Å². The van der Waals surface area contributed by atoms with Gasteiger partial charge in [0.1, 0.15) is 5.75 Å². The largest absolute Gasteiger partial charge is 0.496 e. The van der Waals surface area contributed by atoms with E-state index in [4.69, 9.17) is 9.84 Å². The second kappa shape index (κ2) is 5.57. The summed E-state index contributed by atoms with van der Waals surface area (Å²) in [5.74, 6) is 0.00309. The Morgan fingerprint density at radius 2 is 1.95 bits per heavy atom. The molecule has 2 rings (SSSR count). The smallest absolute Gasteiger partial charge is 0.307 e. The molecule has 3 nitrogen and oxygen atoms in total. The van der Waals surface area contributed by atoms with Gasteiger partial charge in [-0.15, -0.1) is 0 Å². The SMILES string of the molecule is COc1c(C)cccc1-c1cccc(CC(=O)O)c1. The van der Waals surface area contributed by atoms with Gasteiger partial charge in [0.05, 0.1) is 13.5 Å². The van der Waals surface area contributed by atoms with Gasteiger partial charge in [0.25, 0.3) is 0 Å². The molecule has 0 saturated heterocycles. The molecule has 98 valence electrons. The summed E-state index contributed by atoms with van der Waals surface area (Å²) >= 11 is 0. The summed E-state index contributed by atoms with van der Waals surface area (Å²) in [7, 11) is 1.65. The van der Waals surface area contributed by atoms with Gasteiger partial charge in [-0.2, -0.15) is 0 Å². The van der Waals surface area contributed by atoms with Gasteiger partial charge in [-0.3, -0.25) is 4.79 Å². The number of hydrogen-bond donors (Lipinski definition) is 1. The first kappa shape index (κ1) is 13.1. The predicted octanol–water partition coefficient (Wildman–Crippen LogP) is 3.30. The second-order valence-electron chi connectivity index (χ2n) is 4.43. The molecule has 1 N–H and O–H groups in total. The highest BCUT2D eigenvalue weighted by molar-refractivity contribution is 5.75. The standard InChI is InChI=1S/C16H16O3/c1-11-5-3-8-14(16(11)19-2)13-7-4-6-12(9-13)10-15(17)18/h3-9H,10H2,1-2H3,(H,17,18). The highest BCUT2D eigenvalue weighted by atomic mass is 16.5. The molecule has 2 aromatic rings. The Morgan fingerprint density at radius 1 is 1.21 bits per heavy atom. The van der Waals surface area contributed by atoms with E-state index in [1.165, 1.54) is 0 Å². The minimum absolute atomic E-state index is 0.0297. The van der Waals surface area contributed by atoms with Crippen LogP contribution in [0.1, 0.15) is 11.1 Å². The molecule has 0 amide bonds. The molecule has 2 aromatic carbocycles. The van der Waals surface area contributed by atoms with Gasteiger partial charge >= 0.3 is 5.97 Å². The van der Waals surface area contributed by atoms with Gasteiger partial charge in [0.15, 0.2) is 0 Å². The molecule has 0 unspecified atom stereocenters. The summed E-state index contributed by atoms with van der Waals surface area (Å²) in [6.07, 6.45) is 0.0297. The normalized spacial score (nSPS) is 10.2. The number of aryl methyl sites for hydroxylation is 1. The summed E-state index contributed by atoms with van der Waals surface area (Å²) in [5.41, 5.74) is 3.80. The minimum Gasteiger partial charge on any atom is -0.496 e. The van der Waals surface area contributed by atoms with E-state index < -0.39 is 5.97 Å². The monoisotopic (exact) mass is 256 g/mol. The van der Waals surface area contributed by atoms with Crippen molar-refractivity contribution in [2.45, 2.75) is 13.3 Å². The third kappa shape index (κ3) is 2.94. The van der Waals surface area contributed by atoms with Crippen LogP contribution < -0.4 is 4.74 Å². The van der Waals surface area contributed by atoms with Crippen molar-refractivity contribution in [1.82, 2.24) is 0 Å². The zero-order chi connectivity index (χ0) is 13.8. The Kier molecular flexibility index (Phi) is 3.85. The fraction of sp³-hybridized carbons (Fsp3) is 0.188. The number of para-hydroxylation sites is 1. The van der Waals surface area contributed by atoms with Gasteiger partial charge in [-0.25, -0.2) is 0 Å². The van der Waals surface area contributed by atoms with Crippen LogP contribution in [0.3, 0.4) is 0 Å². The number of carboxylic acids is 1. The molecule has 3 heteroatoms. The van der Waals surface area contributed by atoms with Crippen LogP contribution in [0.2, 0.25) is 0 Å². The molecule has 0 radical (unpaired) electrons. The number of hydrogen-bond acceptors (Lipinski definition) is 2. The summed E-state index contributed by atoms with van der Waals surface area (Å²) in [4.78, 5) is 10.8. The first-order valence-corrected chi connectivity index (χ1v) is 6.06. The van der Waals surface area contributed by atoms with Crippen molar-refractivity contribution >= 4 is 5.97 Å². The van der Waals surface area contributed by atoms with E-state index in [9.17, 15) is 4.79 Å². The van der Waals surface area contributed by atoms with Gasteiger partial charge in [0.2, 0.25) is 0 Å². The Labute approximate surface area is 112 Å². The van der Waals surface area contributed by atoms with Crippen LogP contribution >= 0.6 is 0 Å². The zero-order valence-corrected chi connectivity index (χ0v) is 11.0. The molecule has 0 saturated carbocycles. The molecule has 0 aliphatic rings. The molecule has 0 aliphatic carbocycles. The first-order valence-electron chi connectivity index (χ1n) is 6.06. The summed E-state index contributed by atoms with van der Waals surface area (Å²) in [6.45, 7) is 1.99. The Hall–Kier alpha value is -2.29.